The van der Waals surface area contributed by atoms with Gasteiger partial charge in [-0.3, -0.25) is 10.1 Å². The van der Waals surface area contributed by atoms with E-state index in [4.69, 9.17) is 0 Å². The summed E-state index contributed by atoms with van der Waals surface area (Å²) in [5.41, 5.74) is -0.996. The lowest BCUT2D eigenvalue weighted by Gasteiger charge is -2.21. The average Bonchev–Trinajstić information content (AvgIpc) is 2.24. The van der Waals surface area contributed by atoms with E-state index in [2.05, 4.69) is 4.72 Å². The number of hydrogen-bond acceptors (Lipinski definition) is 5. The summed E-state index contributed by atoms with van der Waals surface area (Å²) in [6, 6.07) is 5.53. The Balaban J connectivity index is 2.98. The molecule has 0 aliphatic carbocycles. The molecule has 2 N–H and O–H groups in total. The molecule has 0 heterocycles. The summed E-state index contributed by atoms with van der Waals surface area (Å²) in [6.45, 7) is 5.01. The third-order valence-electron chi connectivity index (χ3n) is 2.33. The zero-order valence-electron chi connectivity index (χ0n) is 11.5. The Hall–Kier alpha value is -1.51. The van der Waals surface area contributed by atoms with Crippen molar-refractivity contribution in [1.82, 2.24) is 4.72 Å². The van der Waals surface area contributed by atoms with E-state index in [9.17, 15) is 23.6 Å². The van der Waals surface area contributed by atoms with Crippen LogP contribution < -0.4 is 4.72 Å². The normalized spacial score (nSPS) is 14.0. The van der Waals surface area contributed by atoms with E-state index < -0.39 is 32.3 Å². The molecule has 0 fully saturated rings. The molecule has 20 heavy (non-hydrogen) atoms. The molecule has 0 amide bonds. The topological polar surface area (TPSA) is 110 Å². The summed E-state index contributed by atoms with van der Waals surface area (Å²) in [4.78, 5) is 10.2. The highest BCUT2D eigenvalue weighted by Crippen LogP contribution is 2.25. The lowest BCUT2D eigenvalue weighted by atomic mass is 10.1. The van der Waals surface area contributed by atoms with Crippen molar-refractivity contribution in [2.45, 2.75) is 32.4 Å². The van der Waals surface area contributed by atoms with E-state index in [1.165, 1.54) is 24.3 Å². The van der Waals surface area contributed by atoms with Gasteiger partial charge in [-0.2, -0.15) is 0 Å². The molecule has 1 rings (SSSR count). The molecule has 0 spiro atoms. The van der Waals surface area contributed by atoms with Gasteiger partial charge in [-0.1, -0.05) is 12.1 Å². The first kappa shape index (κ1) is 16.5. The van der Waals surface area contributed by atoms with Crippen LogP contribution in [0.4, 0.5) is 5.69 Å². The molecule has 0 aromatic heterocycles. The number of rotatable bonds is 5. The van der Waals surface area contributed by atoms with E-state index >= 15 is 0 Å². The van der Waals surface area contributed by atoms with Gasteiger partial charge in [0.05, 0.1) is 16.2 Å². The van der Waals surface area contributed by atoms with Crippen LogP contribution in [0.15, 0.2) is 24.3 Å². The maximum atomic E-state index is 11.9. The highest BCUT2D eigenvalue weighted by atomic mass is 32.2. The van der Waals surface area contributed by atoms with Crippen LogP contribution in [-0.4, -0.2) is 29.7 Å². The van der Waals surface area contributed by atoms with Crippen LogP contribution in [0.25, 0.3) is 0 Å². The van der Waals surface area contributed by atoms with Crippen molar-refractivity contribution < 1.29 is 18.4 Å². The monoisotopic (exact) mass is 302 g/mol. The highest BCUT2D eigenvalue weighted by Gasteiger charge is 2.27. The average molecular weight is 302 g/mol. The molecule has 112 valence electrons. The minimum atomic E-state index is -3.75. The number of nitro benzene ring substituents is 1. The van der Waals surface area contributed by atoms with Crippen LogP contribution in [0.5, 0.6) is 0 Å². The van der Waals surface area contributed by atoms with E-state index in [1.807, 2.05) is 0 Å². The number of nitro groups is 1. The fraction of sp³-hybridized carbons (Fsp3) is 0.500. The molecule has 0 saturated carbocycles. The first-order valence-corrected chi connectivity index (χ1v) is 7.60. The second-order valence-corrected chi connectivity index (χ2v) is 7.23. The Morgan fingerprint density at radius 3 is 2.40 bits per heavy atom. The molecule has 0 aliphatic rings. The smallest absolute Gasteiger partial charge is 0.275 e. The second-order valence-electron chi connectivity index (χ2n) is 5.47. The van der Waals surface area contributed by atoms with Crippen molar-refractivity contribution in [3.8, 4) is 0 Å². The Morgan fingerprint density at radius 1 is 1.35 bits per heavy atom. The van der Waals surface area contributed by atoms with Crippen LogP contribution in [0.2, 0.25) is 0 Å². The Morgan fingerprint density at radius 2 is 1.90 bits per heavy atom. The van der Waals surface area contributed by atoms with Crippen molar-refractivity contribution in [3.63, 3.8) is 0 Å². The summed E-state index contributed by atoms with van der Waals surface area (Å²) >= 11 is 0. The SMILES string of the molecule is CC(C)(C)NS(=O)(=O)CC(O)c1ccccc1[N+](=O)[O-]. The number of aliphatic hydroxyl groups excluding tert-OH is 1. The number of benzene rings is 1. The van der Waals surface area contributed by atoms with Crippen molar-refractivity contribution in [3.05, 3.63) is 39.9 Å². The molecule has 8 heteroatoms. The minimum Gasteiger partial charge on any atom is -0.387 e. The zero-order valence-corrected chi connectivity index (χ0v) is 12.3. The molecule has 0 bridgehead atoms. The highest BCUT2D eigenvalue weighted by molar-refractivity contribution is 7.89. The van der Waals surface area contributed by atoms with Crippen molar-refractivity contribution in [2.24, 2.45) is 0 Å². The lowest BCUT2D eigenvalue weighted by molar-refractivity contribution is -0.386. The molecule has 7 nitrogen and oxygen atoms in total. The van der Waals surface area contributed by atoms with Crippen molar-refractivity contribution in [1.29, 1.82) is 0 Å². The molecule has 0 saturated heterocycles. The third kappa shape index (κ3) is 4.87. The Kier molecular flexibility index (Phi) is 4.85. The van der Waals surface area contributed by atoms with Crippen LogP contribution >= 0.6 is 0 Å². The summed E-state index contributed by atoms with van der Waals surface area (Å²) in [7, 11) is -3.75. The van der Waals surface area contributed by atoms with Gasteiger partial charge in [0.1, 0.15) is 6.10 Å². The zero-order chi connectivity index (χ0) is 15.6. The number of nitrogens with zero attached hydrogens (tertiary/aromatic N) is 1. The summed E-state index contributed by atoms with van der Waals surface area (Å²) in [5.74, 6) is -0.630. The predicted octanol–water partition coefficient (Wildman–Crippen LogP) is 1.35. The van der Waals surface area contributed by atoms with Crippen molar-refractivity contribution >= 4 is 15.7 Å². The van der Waals surface area contributed by atoms with E-state index in [0.717, 1.165) is 0 Å². The molecule has 0 radical (unpaired) electrons. The van der Waals surface area contributed by atoms with Gasteiger partial charge in [-0.05, 0) is 26.8 Å². The number of para-hydroxylation sites is 1. The van der Waals surface area contributed by atoms with Gasteiger partial charge >= 0.3 is 0 Å². The maximum absolute atomic E-state index is 11.9. The van der Waals surface area contributed by atoms with Crippen LogP contribution in [0.1, 0.15) is 32.4 Å². The van der Waals surface area contributed by atoms with Gasteiger partial charge in [-0.15, -0.1) is 0 Å². The molecule has 1 aromatic carbocycles. The standard InChI is InChI=1S/C12H18N2O5S/c1-12(2,3)13-20(18,19)8-11(15)9-6-4-5-7-10(9)14(16)17/h4-7,11,13,15H,8H2,1-3H3. The van der Waals surface area contributed by atoms with E-state index in [-0.39, 0.29) is 11.3 Å². The molecule has 1 atom stereocenters. The lowest BCUT2D eigenvalue weighted by Crippen LogP contribution is -2.42. The summed E-state index contributed by atoms with van der Waals surface area (Å²) in [6.07, 6.45) is -1.46. The number of hydrogen-bond donors (Lipinski definition) is 2. The van der Waals surface area contributed by atoms with Gasteiger partial charge in [0.2, 0.25) is 10.0 Å². The fourth-order valence-electron chi connectivity index (χ4n) is 1.74. The van der Waals surface area contributed by atoms with Crippen LogP contribution in [0.3, 0.4) is 0 Å². The summed E-state index contributed by atoms with van der Waals surface area (Å²) < 4.78 is 26.1. The maximum Gasteiger partial charge on any atom is 0.275 e. The van der Waals surface area contributed by atoms with Gasteiger partial charge < -0.3 is 5.11 Å². The van der Waals surface area contributed by atoms with Gasteiger partial charge in [0.25, 0.3) is 5.69 Å². The molecular weight excluding hydrogens is 284 g/mol. The van der Waals surface area contributed by atoms with Crippen LogP contribution in [-0.2, 0) is 10.0 Å². The largest absolute Gasteiger partial charge is 0.387 e. The van der Waals surface area contributed by atoms with E-state index in [1.54, 1.807) is 20.8 Å². The number of sulfonamides is 1. The van der Waals surface area contributed by atoms with Gasteiger partial charge in [-0.25, -0.2) is 13.1 Å². The Labute approximate surface area is 117 Å². The predicted molar refractivity (Wildman–Crippen MR) is 74.7 cm³/mol. The fourth-order valence-corrected chi connectivity index (χ4v) is 3.35. The molecule has 1 aromatic rings. The first-order valence-electron chi connectivity index (χ1n) is 5.95. The number of aliphatic hydroxyl groups is 1. The Bertz CT molecular complexity index is 592. The van der Waals surface area contributed by atoms with Crippen molar-refractivity contribution in [2.75, 3.05) is 5.75 Å². The molecule has 1 unspecified atom stereocenters. The number of nitrogens with one attached hydrogen (secondary N) is 1. The van der Waals surface area contributed by atoms with Gasteiger partial charge in [0, 0.05) is 11.6 Å². The molecular formula is C12H18N2O5S. The van der Waals surface area contributed by atoms with E-state index in [0.29, 0.717) is 0 Å². The first-order chi connectivity index (χ1) is 9.02. The quantitative estimate of drug-likeness (QED) is 0.630. The van der Waals surface area contributed by atoms with Gasteiger partial charge in [0.15, 0.2) is 0 Å². The summed E-state index contributed by atoms with van der Waals surface area (Å²) in [5, 5.41) is 20.8. The minimum absolute atomic E-state index is 0.0169. The van der Waals surface area contributed by atoms with Crippen LogP contribution in [0, 0.1) is 10.1 Å². The molecule has 0 aliphatic heterocycles. The third-order valence-corrected chi connectivity index (χ3v) is 4.01. The second kappa shape index (κ2) is 5.86.